The second-order valence-electron chi connectivity index (χ2n) is 17.3. The van der Waals surface area contributed by atoms with Crippen LogP contribution in [0.15, 0.2) is 24.4 Å². The van der Waals surface area contributed by atoms with E-state index in [1.165, 1.54) is 19.1 Å². The van der Waals surface area contributed by atoms with Gasteiger partial charge in [0, 0.05) is 70.7 Å². The highest BCUT2D eigenvalue weighted by Gasteiger charge is 2.46. The number of hydrogen-bond acceptors (Lipinski definition) is 12. The highest BCUT2D eigenvalue weighted by atomic mass is 32.2. The Labute approximate surface area is 351 Å². The Kier molecular flexibility index (Phi) is 18.8. The number of aromatic nitrogens is 1. The highest BCUT2D eigenvalue weighted by molar-refractivity contribution is 7.90. The lowest BCUT2D eigenvalue weighted by Crippen LogP contribution is -2.54. The molecule has 0 spiro atoms. The van der Waals surface area contributed by atoms with Crippen molar-refractivity contribution < 1.29 is 46.7 Å². The number of ketones is 3. The zero-order valence-corrected chi connectivity index (χ0v) is 37.8. The molecule has 3 amide bonds. The number of Topliss-reactive ketones (excluding diaryl/α,β-unsaturated/α-hetero) is 3. The van der Waals surface area contributed by atoms with E-state index in [0.717, 1.165) is 0 Å². The van der Waals surface area contributed by atoms with E-state index in [1.807, 2.05) is 41.5 Å². The minimum atomic E-state index is -3.88. The molecule has 2 heterocycles. The molecule has 15 nitrogen and oxygen atoms in total. The van der Waals surface area contributed by atoms with Gasteiger partial charge in [0.05, 0.1) is 54.5 Å². The zero-order chi connectivity index (χ0) is 44.4. The predicted octanol–water partition coefficient (Wildman–Crippen LogP) is 3.38. The van der Waals surface area contributed by atoms with Crippen molar-refractivity contribution in [3.63, 3.8) is 0 Å². The number of ether oxygens (including phenoxy) is 2. The third kappa shape index (κ3) is 13.2. The number of rotatable bonds is 25. The molecule has 1 aliphatic heterocycles. The Morgan fingerprint density at radius 3 is 2.12 bits per heavy atom. The number of likely N-dealkylation sites (tertiary alicyclic amines) is 1. The minimum Gasteiger partial charge on any atom is -0.379 e. The molecule has 1 aliphatic carbocycles. The van der Waals surface area contributed by atoms with Crippen LogP contribution in [0.25, 0.3) is 0 Å². The van der Waals surface area contributed by atoms with Gasteiger partial charge in [0.15, 0.2) is 11.6 Å². The van der Waals surface area contributed by atoms with Crippen LogP contribution in [0.4, 0.5) is 0 Å². The molecule has 1 saturated carbocycles. The number of sulfonamides is 1. The van der Waals surface area contributed by atoms with Crippen molar-refractivity contribution >= 4 is 45.1 Å². The lowest BCUT2D eigenvalue weighted by Gasteiger charge is -2.40. The molecule has 16 heteroatoms. The Morgan fingerprint density at radius 2 is 1.61 bits per heavy atom. The standard InChI is InChI=1S/C43H69N5O10S/c1-12-27(6)40(47(9)43(54)33(25(2)3)22-36(51)39(44-8)26(4)5)37(57-10)23-38(52)48-24-31(49)21-34(48)41(58-11)28(7)35(50)20-29(19-30-15-13-14-18-45-30)42(53)46-59(55,56)32-16-17-32/h13-15,18,25-29,32-34,37,39-41,44H,12,16-17,19-24H2,1-11H3,(H,46,53)/t27-,28-,29+,33-,34-,37+,39-,40-,41+/m0/s1. The van der Waals surface area contributed by atoms with E-state index in [1.54, 1.807) is 50.3 Å². The fraction of sp³-hybridized carbons (Fsp3) is 0.744. The number of methoxy groups -OCH3 is 2. The Morgan fingerprint density at radius 1 is 0.949 bits per heavy atom. The first-order valence-electron chi connectivity index (χ1n) is 21.0. The second kappa shape index (κ2) is 22.3. The van der Waals surface area contributed by atoms with Gasteiger partial charge in [-0.3, -0.25) is 38.5 Å². The summed E-state index contributed by atoms with van der Waals surface area (Å²) in [5, 5.41) is 2.44. The van der Waals surface area contributed by atoms with Crippen LogP contribution in [0.1, 0.15) is 99.1 Å². The van der Waals surface area contributed by atoms with E-state index in [9.17, 15) is 37.2 Å². The van der Waals surface area contributed by atoms with E-state index in [-0.39, 0.29) is 73.9 Å². The fourth-order valence-electron chi connectivity index (χ4n) is 8.40. The Bertz CT molecular complexity index is 1720. The second-order valence-corrected chi connectivity index (χ2v) is 19.2. The number of nitrogens with zero attached hydrogens (tertiary/aromatic N) is 3. The van der Waals surface area contributed by atoms with Gasteiger partial charge in [0.2, 0.25) is 27.7 Å². The SMILES string of the molecule is CC[C@H](C)[C@@H]([C@@H](CC(=O)N1CC(=O)C[C@H]1[C@H](OC)[C@@H](C)C(=O)C[C@@H](Cc1ccccn1)C(=O)NS(=O)(=O)C1CC1)OC)N(C)C(=O)[C@@H](CC(=O)[C@@H](NC)C(C)C)C(C)C. The Hall–Kier alpha value is -3.60. The smallest absolute Gasteiger partial charge is 0.237 e. The quantitative estimate of drug-likeness (QED) is 0.146. The average molecular weight is 848 g/mol. The lowest BCUT2D eigenvalue weighted by atomic mass is 9.84. The summed E-state index contributed by atoms with van der Waals surface area (Å²) in [6.07, 6.45) is 0.964. The van der Waals surface area contributed by atoms with Gasteiger partial charge in [-0.25, -0.2) is 8.42 Å². The molecule has 2 fully saturated rings. The van der Waals surface area contributed by atoms with Gasteiger partial charge in [-0.1, -0.05) is 61.0 Å². The van der Waals surface area contributed by atoms with Crippen molar-refractivity contribution in [1.82, 2.24) is 24.8 Å². The highest BCUT2D eigenvalue weighted by Crippen LogP contribution is 2.32. The molecule has 2 aliphatic rings. The van der Waals surface area contributed by atoms with Gasteiger partial charge in [-0.15, -0.1) is 0 Å². The molecule has 0 unspecified atom stereocenters. The first kappa shape index (κ1) is 49.8. The van der Waals surface area contributed by atoms with Crippen molar-refractivity contribution in [2.45, 2.75) is 135 Å². The maximum atomic E-state index is 14.3. The molecular formula is C43H69N5O10S. The van der Waals surface area contributed by atoms with E-state index in [0.29, 0.717) is 25.0 Å². The van der Waals surface area contributed by atoms with Crippen LogP contribution in [-0.4, -0.2) is 129 Å². The monoisotopic (exact) mass is 847 g/mol. The van der Waals surface area contributed by atoms with E-state index < -0.39 is 81.0 Å². The predicted molar refractivity (Wildman–Crippen MR) is 223 cm³/mol. The number of carbonyl (C=O) groups excluding carboxylic acids is 6. The van der Waals surface area contributed by atoms with Crippen molar-refractivity contribution in [1.29, 1.82) is 0 Å². The normalized spacial score (nSPS) is 20.1. The van der Waals surface area contributed by atoms with Crippen LogP contribution in [0.2, 0.25) is 0 Å². The molecule has 0 radical (unpaired) electrons. The first-order chi connectivity index (χ1) is 27.7. The number of carbonyl (C=O) groups is 6. The maximum Gasteiger partial charge on any atom is 0.237 e. The van der Waals surface area contributed by atoms with Gasteiger partial charge < -0.3 is 24.6 Å². The molecule has 3 rings (SSSR count). The van der Waals surface area contributed by atoms with E-state index in [2.05, 4.69) is 15.0 Å². The summed E-state index contributed by atoms with van der Waals surface area (Å²) >= 11 is 0. The van der Waals surface area contributed by atoms with Crippen molar-refractivity contribution in [2.24, 2.45) is 35.5 Å². The maximum absolute atomic E-state index is 14.3. The fourth-order valence-corrected chi connectivity index (χ4v) is 9.77. The van der Waals surface area contributed by atoms with Crippen LogP contribution < -0.4 is 10.0 Å². The molecule has 1 saturated heterocycles. The molecule has 1 aromatic heterocycles. The third-order valence-corrected chi connectivity index (χ3v) is 14.1. The summed E-state index contributed by atoms with van der Waals surface area (Å²) in [6, 6.07) is 3.38. The van der Waals surface area contributed by atoms with E-state index in [4.69, 9.17) is 9.47 Å². The first-order valence-corrected chi connectivity index (χ1v) is 22.6. The van der Waals surface area contributed by atoms with Crippen molar-refractivity contribution in [3.05, 3.63) is 30.1 Å². The molecule has 332 valence electrons. The van der Waals surface area contributed by atoms with Gasteiger partial charge in [-0.05, 0) is 49.8 Å². The van der Waals surface area contributed by atoms with Gasteiger partial charge in [-0.2, -0.15) is 0 Å². The molecular weight excluding hydrogens is 779 g/mol. The van der Waals surface area contributed by atoms with Crippen molar-refractivity contribution in [2.75, 3.05) is 34.9 Å². The van der Waals surface area contributed by atoms with Crippen LogP contribution in [0.5, 0.6) is 0 Å². The van der Waals surface area contributed by atoms with Gasteiger partial charge in [0.1, 0.15) is 5.78 Å². The van der Waals surface area contributed by atoms with Gasteiger partial charge in [0.25, 0.3) is 0 Å². The molecule has 0 bridgehead atoms. The third-order valence-electron chi connectivity index (χ3n) is 12.3. The molecule has 9 atom stereocenters. The van der Waals surface area contributed by atoms with Crippen LogP contribution in [-0.2, 0) is 54.7 Å². The van der Waals surface area contributed by atoms with Crippen LogP contribution in [0.3, 0.4) is 0 Å². The summed E-state index contributed by atoms with van der Waals surface area (Å²) < 4.78 is 39.4. The molecule has 2 N–H and O–H groups in total. The summed E-state index contributed by atoms with van der Waals surface area (Å²) in [7, 11) is 2.42. The summed E-state index contributed by atoms with van der Waals surface area (Å²) in [6.45, 7) is 13.1. The summed E-state index contributed by atoms with van der Waals surface area (Å²) in [5.74, 6) is -4.82. The number of amides is 3. The molecule has 1 aromatic rings. The lowest BCUT2D eigenvalue weighted by molar-refractivity contribution is -0.149. The zero-order valence-electron chi connectivity index (χ0n) is 36.9. The minimum absolute atomic E-state index is 0.0187. The topological polar surface area (TPSA) is 198 Å². The molecule has 59 heavy (non-hydrogen) atoms. The average Bonchev–Trinajstić information content (AvgIpc) is 3.99. The van der Waals surface area contributed by atoms with Crippen LogP contribution in [0, 0.1) is 35.5 Å². The Balaban J connectivity index is 1.83. The number of hydrogen-bond donors (Lipinski definition) is 2. The molecule has 0 aromatic carbocycles. The number of nitrogens with one attached hydrogen (secondary N) is 2. The largest absolute Gasteiger partial charge is 0.379 e. The number of pyridine rings is 1. The van der Waals surface area contributed by atoms with Crippen molar-refractivity contribution in [3.8, 4) is 0 Å². The van der Waals surface area contributed by atoms with Crippen LogP contribution >= 0.6 is 0 Å². The number of likely N-dealkylation sites (N-methyl/N-ethyl adjacent to an activating group) is 2. The summed E-state index contributed by atoms with van der Waals surface area (Å²) in [4.78, 5) is 89.7. The summed E-state index contributed by atoms with van der Waals surface area (Å²) in [5.41, 5.74) is 0.510. The van der Waals surface area contributed by atoms with Gasteiger partial charge >= 0.3 is 0 Å². The van der Waals surface area contributed by atoms with E-state index >= 15 is 0 Å².